The van der Waals surface area contributed by atoms with E-state index in [1.54, 1.807) is 0 Å². The third-order valence-corrected chi connectivity index (χ3v) is 2.58. The molecular formula is C14H21ClO2. The summed E-state index contributed by atoms with van der Waals surface area (Å²) in [5.74, 6) is 0.723. The first-order chi connectivity index (χ1) is 7.92. The number of benzene rings is 1. The first-order valence-corrected chi connectivity index (χ1v) is 6.35. The van der Waals surface area contributed by atoms with Crippen molar-refractivity contribution in [3.8, 4) is 5.75 Å². The van der Waals surface area contributed by atoms with Crippen LogP contribution in [0.1, 0.15) is 33.3 Å². The van der Waals surface area contributed by atoms with Crippen molar-refractivity contribution in [1.29, 1.82) is 0 Å². The zero-order valence-electron chi connectivity index (χ0n) is 11.0. The van der Waals surface area contributed by atoms with E-state index in [-0.39, 0.29) is 5.60 Å². The number of hydrogen-bond donors (Lipinski definition) is 0. The van der Waals surface area contributed by atoms with Crippen molar-refractivity contribution in [2.45, 2.75) is 39.7 Å². The second-order valence-corrected chi connectivity index (χ2v) is 5.33. The molecule has 0 saturated carbocycles. The number of hydrogen-bond acceptors (Lipinski definition) is 2. The lowest BCUT2D eigenvalue weighted by Crippen LogP contribution is -2.22. The molecule has 96 valence electrons. The van der Waals surface area contributed by atoms with E-state index in [1.165, 1.54) is 5.56 Å². The van der Waals surface area contributed by atoms with E-state index < -0.39 is 0 Å². The summed E-state index contributed by atoms with van der Waals surface area (Å²) in [6.45, 7) is 9.25. The van der Waals surface area contributed by atoms with E-state index in [0.29, 0.717) is 18.2 Å². The maximum Gasteiger partial charge on any atom is 0.138 e. The summed E-state index contributed by atoms with van der Waals surface area (Å²) in [4.78, 5) is 0. The SMILES string of the molecule is CCc1ccc(OCCOC(C)(C)C)c(Cl)c1. The predicted octanol–water partition coefficient (Wildman–Crippen LogP) is 4.10. The van der Waals surface area contributed by atoms with Crippen LogP contribution in [-0.2, 0) is 11.2 Å². The fraction of sp³-hybridized carbons (Fsp3) is 0.571. The van der Waals surface area contributed by atoms with Gasteiger partial charge in [0.15, 0.2) is 0 Å². The minimum absolute atomic E-state index is 0.126. The molecule has 0 aliphatic heterocycles. The summed E-state index contributed by atoms with van der Waals surface area (Å²) in [5, 5.41) is 0.667. The third kappa shape index (κ3) is 5.42. The summed E-state index contributed by atoms with van der Waals surface area (Å²) in [5.41, 5.74) is 1.09. The van der Waals surface area contributed by atoms with Crippen LogP contribution >= 0.6 is 11.6 Å². The first-order valence-electron chi connectivity index (χ1n) is 5.97. The molecule has 1 rings (SSSR count). The van der Waals surface area contributed by atoms with Crippen molar-refractivity contribution >= 4 is 11.6 Å². The number of halogens is 1. The van der Waals surface area contributed by atoms with Crippen LogP contribution in [0.2, 0.25) is 5.02 Å². The minimum atomic E-state index is -0.126. The molecule has 0 spiro atoms. The second kappa shape index (κ2) is 6.27. The van der Waals surface area contributed by atoms with Crippen molar-refractivity contribution in [3.63, 3.8) is 0 Å². The van der Waals surface area contributed by atoms with Gasteiger partial charge in [-0.2, -0.15) is 0 Å². The van der Waals surface area contributed by atoms with Crippen LogP contribution in [0.3, 0.4) is 0 Å². The maximum absolute atomic E-state index is 6.11. The van der Waals surface area contributed by atoms with Crippen molar-refractivity contribution in [1.82, 2.24) is 0 Å². The van der Waals surface area contributed by atoms with Gasteiger partial charge in [0.1, 0.15) is 12.4 Å². The van der Waals surface area contributed by atoms with Crippen LogP contribution in [0.5, 0.6) is 5.75 Å². The topological polar surface area (TPSA) is 18.5 Å². The summed E-state index contributed by atoms with van der Waals surface area (Å²) < 4.78 is 11.1. The molecule has 0 aliphatic rings. The second-order valence-electron chi connectivity index (χ2n) is 4.93. The lowest BCUT2D eigenvalue weighted by Gasteiger charge is -2.19. The average molecular weight is 257 g/mol. The van der Waals surface area contributed by atoms with Crippen molar-refractivity contribution in [2.75, 3.05) is 13.2 Å². The van der Waals surface area contributed by atoms with Gasteiger partial charge in [0.05, 0.1) is 17.2 Å². The Labute approximate surface area is 109 Å². The Hall–Kier alpha value is -0.730. The molecule has 0 amide bonds. The van der Waals surface area contributed by atoms with Crippen LogP contribution in [0, 0.1) is 0 Å². The number of ether oxygens (including phenoxy) is 2. The van der Waals surface area contributed by atoms with E-state index in [1.807, 2.05) is 39.0 Å². The largest absolute Gasteiger partial charge is 0.490 e. The van der Waals surface area contributed by atoms with Gasteiger partial charge in [0, 0.05) is 0 Å². The van der Waals surface area contributed by atoms with Crippen LogP contribution in [0.4, 0.5) is 0 Å². The summed E-state index contributed by atoms with van der Waals surface area (Å²) in [6.07, 6.45) is 0.979. The number of aryl methyl sites for hydroxylation is 1. The van der Waals surface area contributed by atoms with Crippen LogP contribution in [-0.4, -0.2) is 18.8 Å². The smallest absolute Gasteiger partial charge is 0.138 e. The van der Waals surface area contributed by atoms with Crippen molar-refractivity contribution in [2.24, 2.45) is 0 Å². The molecule has 0 bridgehead atoms. The fourth-order valence-electron chi connectivity index (χ4n) is 1.38. The summed E-state index contributed by atoms with van der Waals surface area (Å²) >= 11 is 6.11. The lowest BCUT2D eigenvalue weighted by molar-refractivity contribution is -0.0162. The highest BCUT2D eigenvalue weighted by Crippen LogP contribution is 2.25. The van der Waals surface area contributed by atoms with Gasteiger partial charge in [-0.05, 0) is 44.9 Å². The predicted molar refractivity (Wildman–Crippen MR) is 72.0 cm³/mol. The Morgan fingerprint density at radius 2 is 1.88 bits per heavy atom. The zero-order chi connectivity index (χ0) is 12.9. The Balaban J connectivity index is 2.42. The van der Waals surface area contributed by atoms with Crippen molar-refractivity contribution < 1.29 is 9.47 Å². The monoisotopic (exact) mass is 256 g/mol. The molecule has 17 heavy (non-hydrogen) atoms. The summed E-state index contributed by atoms with van der Waals surface area (Å²) in [7, 11) is 0. The Bertz CT molecular complexity index is 356. The van der Waals surface area contributed by atoms with Crippen molar-refractivity contribution in [3.05, 3.63) is 28.8 Å². The fourth-order valence-corrected chi connectivity index (χ4v) is 1.64. The quantitative estimate of drug-likeness (QED) is 0.739. The van der Waals surface area contributed by atoms with Gasteiger partial charge in [-0.25, -0.2) is 0 Å². The van der Waals surface area contributed by atoms with Gasteiger partial charge >= 0.3 is 0 Å². The van der Waals surface area contributed by atoms with Gasteiger partial charge in [-0.3, -0.25) is 0 Å². The number of rotatable bonds is 5. The molecular weight excluding hydrogens is 236 g/mol. The Morgan fingerprint density at radius 1 is 1.18 bits per heavy atom. The van der Waals surface area contributed by atoms with E-state index in [0.717, 1.165) is 12.2 Å². The van der Waals surface area contributed by atoms with Gasteiger partial charge in [-0.15, -0.1) is 0 Å². The van der Waals surface area contributed by atoms with Gasteiger partial charge in [-0.1, -0.05) is 24.6 Å². The summed E-state index contributed by atoms with van der Waals surface area (Å²) in [6, 6.07) is 5.89. The van der Waals surface area contributed by atoms with Gasteiger partial charge in [0.2, 0.25) is 0 Å². The maximum atomic E-state index is 6.11. The van der Waals surface area contributed by atoms with Crippen LogP contribution in [0.15, 0.2) is 18.2 Å². The molecule has 1 aromatic carbocycles. The standard InChI is InChI=1S/C14H21ClO2/c1-5-11-6-7-13(12(15)10-11)16-8-9-17-14(2,3)4/h6-7,10H,5,8-9H2,1-4H3. The average Bonchev–Trinajstić information content (AvgIpc) is 2.24. The third-order valence-electron chi connectivity index (χ3n) is 2.28. The van der Waals surface area contributed by atoms with E-state index in [4.69, 9.17) is 21.1 Å². The van der Waals surface area contributed by atoms with E-state index >= 15 is 0 Å². The molecule has 0 aromatic heterocycles. The highest BCUT2D eigenvalue weighted by Gasteiger charge is 2.09. The van der Waals surface area contributed by atoms with E-state index in [2.05, 4.69) is 6.92 Å². The highest BCUT2D eigenvalue weighted by molar-refractivity contribution is 6.32. The highest BCUT2D eigenvalue weighted by atomic mass is 35.5. The molecule has 1 aromatic rings. The first kappa shape index (κ1) is 14.3. The van der Waals surface area contributed by atoms with Gasteiger partial charge < -0.3 is 9.47 Å². The van der Waals surface area contributed by atoms with E-state index in [9.17, 15) is 0 Å². The molecule has 0 saturated heterocycles. The molecule has 0 unspecified atom stereocenters. The minimum Gasteiger partial charge on any atom is -0.490 e. The molecule has 0 N–H and O–H groups in total. The Kier molecular flexibility index (Phi) is 5.29. The molecule has 0 aliphatic carbocycles. The molecule has 3 heteroatoms. The van der Waals surface area contributed by atoms with Gasteiger partial charge in [0.25, 0.3) is 0 Å². The molecule has 2 nitrogen and oxygen atoms in total. The Morgan fingerprint density at radius 3 is 2.41 bits per heavy atom. The molecule has 0 heterocycles. The molecule has 0 radical (unpaired) electrons. The van der Waals surface area contributed by atoms with Crippen LogP contribution in [0.25, 0.3) is 0 Å². The van der Waals surface area contributed by atoms with Crippen LogP contribution < -0.4 is 4.74 Å². The normalized spacial score (nSPS) is 11.6. The molecule has 0 fully saturated rings. The zero-order valence-corrected chi connectivity index (χ0v) is 11.8. The lowest BCUT2D eigenvalue weighted by atomic mass is 10.2. The molecule has 0 atom stereocenters.